The van der Waals surface area contributed by atoms with Gasteiger partial charge in [0.15, 0.2) is 4.34 Å². The quantitative estimate of drug-likeness (QED) is 0.760. The summed E-state index contributed by atoms with van der Waals surface area (Å²) >= 11 is 2.57. The van der Waals surface area contributed by atoms with Crippen LogP contribution in [-0.4, -0.2) is 32.4 Å². The van der Waals surface area contributed by atoms with Gasteiger partial charge < -0.3 is 10.2 Å². The largest absolute Gasteiger partial charge is 0.481 e. The maximum atomic E-state index is 11.2. The molecule has 1 unspecified atom stereocenters. The first-order chi connectivity index (χ1) is 9.99. The molecule has 0 spiro atoms. The van der Waals surface area contributed by atoms with Crippen LogP contribution in [0.25, 0.3) is 10.2 Å². The molecule has 0 saturated carbocycles. The maximum absolute atomic E-state index is 11.2. The number of thioether (sulfide) groups is 1. The van der Waals surface area contributed by atoms with E-state index >= 15 is 0 Å². The van der Waals surface area contributed by atoms with Gasteiger partial charge in [0.2, 0.25) is 0 Å². The molecule has 0 aliphatic heterocycles. The fraction of sp³-hybridized carbons (Fsp3) is 0.357. The number of carboxylic acids is 2. The highest BCUT2D eigenvalue weighted by Gasteiger charge is 2.22. The Hall–Kier alpha value is -1.60. The first kappa shape index (κ1) is 15.8. The Morgan fingerprint density at radius 2 is 2.14 bits per heavy atom. The van der Waals surface area contributed by atoms with Gasteiger partial charge in [-0.05, 0) is 30.5 Å². The van der Waals surface area contributed by atoms with Gasteiger partial charge in [-0.2, -0.15) is 0 Å². The molecule has 21 heavy (non-hydrogen) atoms. The number of benzene rings is 1. The van der Waals surface area contributed by atoms with E-state index in [9.17, 15) is 9.59 Å². The third-order valence-corrected chi connectivity index (χ3v) is 5.35. The molecule has 1 heterocycles. The molecule has 0 aliphatic carbocycles. The topological polar surface area (TPSA) is 87.5 Å². The van der Waals surface area contributed by atoms with Crippen LogP contribution in [0.15, 0.2) is 22.5 Å². The number of rotatable bonds is 7. The molecule has 2 N–H and O–H groups in total. The molecular formula is C14H15NO4S2. The highest BCUT2D eigenvalue weighted by atomic mass is 32.2. The van der Waals surface area contributed by atoms with Crippen molar-refractivity contribution in [2.75, 3.05) is 0 Å². The number of carbonyl (C=O) groups is 2. The summed E-state index contributed by atoms with van der Waals surface area (Å²) < 4.78 is 1.69. The fourth-order valence-electron chi connectivity index (χ4n) is 1.83. The number of nitrogens with zero attached hydrogens (tertiary/aromatic N) is 1. The Balaban J connectivity index is 2.16. The van der Waals surface area contributed by atoms with Gasteiger partial charge in [-0.25, -0.2) is 4.98 Å². The van der Waals surface area contributed by atoms with Crippen LogP contribution in [0.3, 0.4) is 0 Å². The van der Waals surface area contributed by atoms with Crippen molar-refractivity contribution in [2.45, 2.75) is 35.8 Å². The van der Waals surface area contributed by atoms with Crippen molar-refractivity contribution in [1.82, 2.24) is 4.98 Å². The Bertz CT molecular complexity index is 668. The molecule has 0 radical (unpaired) electrons. The number of hydrogen-bond donors (Lipinski definition) is 2. The molecule has 7 heteroatoms. The summed E-state index contributed by atoms with van der Waals surface area (Å²) in [7, 11) is 0. The standard InChI is InChI=1S/C14H15NO4S2/c1-2-8-3-4-9-11(7-8)21-14(15-9)20-10(13(18)19)5-6-12(16)17/h3-4,7,10H,2,5-6H2,1H3,(H,16,17)(H,18,19). The van der Waals surface area contributed by atoms with Gasteiger partial charge in [0.05, 0.1) is 10.2 Å². The van der Waals surface area contributed by atoms with Crippen LogP contribution in [0.4, 0.5) is 0 Å². The molecule has 2 rings (SSSR count). The van der Waals surface area contributed by atoms with Gasteiger partial charge in [-0.1, -0.05) is 24.8 Å². The molecular weight excluding hydrogens is 310 g/mol. The number of fused-ring (bicyclic) bond motifs is 1. The second-order valence-electron chi connectivity index (χ2n) is 4.51. The van der Waals surface area contributed by atoms with Gasteiger partial charge in [-0.15, -0.1) is 11.3 Å². The van der Waals surface area contributed by atoms with Crippen molar-refractivity contribution >= 4 is 45.3 Å². The number of thiazole rings is 1. The van der Waals surface area contributed by atoms with E-state index in [-0.39, 0.29) is 12.8 Å². The lowest BCUT2D eigenvalue weighted by atomic mass is 10.2. The summed E-state index contributed by atoms with van der Waals surface area (Å²) in [6.45, 7) is 2.07. The van der Waals surface area contributed by atoms with Crippen LogP contribution in [0.2, 0.25) is 0 Å². The Labute approximate surface area is 130 Å². The summed E-state index contributed by atoms with van der Waals surface area (Å²) in [5, 5.41) is 17.0. The first-order valence-electron chi connectivity index (χ1n) is 6.50. The predicted molar refractivity (Wildman–Crippen MR) is 83.1 cm³/mol. The average molecular weight is 325 g/mol. The zero-order valence-electron chi connectivity index (χ0n) is 11.4. The Kier molecular flexibility index (Phi) is 5.19. The molecule has 0 bridgehead atoms. The molecule has 5 nitrogen and oxygen atoms in total. The second kappa shape index (κ2) is 6.91. The molecule has 1 atom stereocenters. The van der Waals surface area contributed by atoms with Gasteiger partial charge in [0, 0.05) is 6.42 Å². The van der Waals surface area contributed by atoms with E-state index in [1.54, 1.807) is 0 Å². The molecule has 112 valence electrons. The second-order valence-corrected chi connectivity index (χ2v) is 6.99. The van der Waals surface area contributed by atoms with E-state index in [1.807, 2.05) is 12.1 Å². The molecule has 0 saturated heterocycles. The van der Waals surface area contributed by atoms with Gasteiger partial charge in [-0.3, -0.25) is 9.59 Å². The SMILES string of the molecule is CCc1ccc2nc(SC(CCC(=O)O)C(=O)O)sc2c1. The monoisotopic (exact) mass is 325 g/mol. The lowest BCUT2D eigenvalue weighted by Crippen LogP contribution is -2.17. The van der Waals surface area contributed by atoms with Crippen LogP contribution in [0, 0.1) is 0 Å². The number of hydrogen-bond acceptors (Lipinski definition) is 5. The molecule has 1 aromatic heterocycles. The summed E-state index contributed by atoms with van der Waals surface area (Å²) in [6, 6.07) is 6.00. The lowest BCUT2D eigenvalue weighted by molar-refractivity contribution is -0.138. The van der Waals surface area contributed by atoms with Crippen molar-refractivity contribution in [3.8, 4) is 0 Å². The molecule has 0 fully saturated rings. The number of aryl methyl sites for hydroxylation is 1. The zero-order chi connectivity index (χ0) is 15.4. The lowest BCUT2D eigenvalue weighted by Gasteiger charge is -2.07. The smallest absolute Gasteiger partial charge is 0.317 e. The number of aromatic nitrogens is 1. The van der Waals surface area contributed by atoms with Crippen LogP contribution in [0.5, 0.6) is 0 Å². The van der Waals surface area contributed by atoms with Gasteiger partial charge >= 0.3 is 11.9 Å². The molecule has 2 aromatic rings. The van der Waals surface area contributed by atoms with E-state index in [2.05, 4.69) is 18.0 Å². The first-order valence-corrected chi connectivity index (χ1v) is 8.20. The summed E-state index contributed by atoms with van der Waals surface area (Å²) in [5.74, 6) is -1.99. The Morgan fingerprint density at radius 3 is 2.76 bits per heavy atom. The van der Waals surface area contributed by atoms with E-state index in [1.165, 1.54) is 16.9 Å². The van der Waals surface area contributed by atoms with E-state index in [4.69, 9.17) is 10.2 Å². The third kappa shape index (κ3) is 4.18. The van der Waals surface area contributed by atoms with E-state index in [0.29, 0.717) is 4.34 Å². The summed E-state index contributed by atoms with van der Waals surface area (Å²) in [5.41, 5.74) is 2.06. The average Bonchev–Trinajstić information content (AvgIpc) is 2.84. The third-order valence-electron chi connectivity index (χ3n) is 2.98. The van der Waals surface area contributed by atoms with Crippen LogP contribution in [0.1, 0.15) is 25.3 Å². The molecule has 0 aliphatic rings. The normalized spacial score (nSPS) is 12.4. The minimum absolute atomic E-state index is 0.0888. The van der Waals surface area contributed by atoms with Crippen LogP contribution >= 0.6 is 23.1 Å². The van der Waals surface area contributed by atoms with Crippen LogP contribution in [-0.2, 0) is 16.0 Å². The highest BCUT2D eigenvalue weighted by Crippen LogP contribution is 2.34. The minimum atomic E-state index is -1.00. The van der Waals surface area contributed by atoms with Crippen molar-refractivity contribution in [3.63, 3.8) is 0 Å². The number of carboxylic acid groups (broad SMARTS) is 2. The van der Waals surface area contributed by atoms with Crippen molar-refractivity contribution in [3.05, 3.63) is 23.8 Å². The van der Waals surface area contributed by atoms with Gasteiger partial charge in [0.1, 0.15) is 5.25 Å². The minimum Gasteiger partial charge on any atom is -0.481 e. The zero-order valence-corrected chi connectivity index (χ0v) is 13.0. The fourth-order valence-corrected chi connectivity index (χ4v) is 4.13. The molecule has 1 aromatic carbocycles. The predicted octanol–water partition coefficient (Wildman–Crippen LogP) is 3.27. The van der Waals surface area contributed by atoms with E-state index in [0.717, 1.165) is 28.4 Å². The Morgan fingerprint density at radius 1 is 1.38 bits per heavy atom. The summed E-state index contributed by atoms with van der Waals surface area (Å²) in [6.07, 6.45) is 0.868. The van der Waals surface area contributed by atoms with Crippen LogP contribution < -0.4 is 0 Å². The van der Waals surface area contributed by atoms with Crippen molar-refractivity contribution in [2.24, 2.45) is 0 Å². The van der Waals surface area contributed by atoms with E-state index < -0.39 is 17.2 Å². The molecule has 0 amide bonds. The van der Waals surface area contributed by atoms with Crippen molar-refractivity contribution < 1.29 is 19.8 Å². The van der Waals surface area contributed by atoms with Crippen molar-refractivity contribution in [1.29, 1.82) is 0 Å². The number of aliphatic carboxylic acids is 2. The van der Waals surface area contributed by atoms with Gasteiger partial charge in [0.25, 0.3) is 0 Å². The maximum Gasteiger partial charge on any atom is 0.317 e. The summed E-state index contributed by atoms with van der Waals surface area (Å²) in [4.78, 5) is 26.2. The highest BCUT2D eigenvalue weighted by molar-refractivity contribution is 8.02.